The summed E-state index contributed by atoms with van der Waals surface area (Å²) in [5.74, 6) is 2.35. The maximum absolute atomic E-state index is 3.83. The van der Waals surface area contributed by atoms with Crippen molar-refractivity contribution in [2.75, 3.05) is 5.75 Å². The van der Waals surface area contributed by atoms with Crippen LogP contribution in [0.1, 0.15) is 50.3 Å². The Morgan fingerprint density at radius 3 is 2.68 bits per heavy atom. The standard InChI is InChI=1S/C16H24N2S/c1-12-6-5-7-13(2)18(12)17-16-11-19-10-14-8-3-4-9-15(14)16/h3-4,8-9,12-13,16-17H,5-7,10-11H2,1-2H3. The van der Waals surface area contributed by atoms with Gasteiger partial charge >= 0.3 is 0 Å². The van der Waals surface area contributed by atoms with Crippen molar-refractivity contribution in [1.29, 1.82) is 0 Å². The summed E-state index contributed by atoms with van der Waals surface area (Å²) in [4.78, 5) is 0. The molecule has 1 aromatic carbocycles. The van der Waals surface area contributed by atoms with E-state index in [9.17, 15) is 0 Å². The number of hydrogen-bond donors (Lipinski definition) is 1. The summed E-state index contributed by atoms with van der Waals surface area (Å²) in [7, 11) is 0. The van der Waals surface area contributed by atoms with Crippen LogP contribution in [-0.4, -0.2) is 22.8 Å². The van der Waals surface area contributed by atoms with Crippen LogP contribution in [0.2, 0.25) is 0 Å². The highest BCUT2D eigenvalue weighted by Gasteiger charge is 2.29. The number of benzene rings is 1. The van der Waals surface area contributed by atoms with Gasteiger partial charge in [0.25, 0.3) is 0 Å². The van der Waals surface area contributed by atoms with Gasteiger partial charge < -0.3 is 0 Å². The van der Waals surface area contributed by atoms with E-state index in [1.165, 1.54) is 41.9 Å². The normalized spacial score (nSPS) is 32.0. The fourth-order valence-electron chi connectivity index (χ4n) is 3.34. The number of nitrogens with zero attached hydrogens (tertiary/aromatic N) is 1. The van der Waals surface area contributed by atoms with Crippen molar-refractivity contribution in [3.63, 3.8) is 0 Å². The Kier molecular flexibility index (Phi) is 4.15. The minimum atomic E-state index is 0.484. The Morgan fingerprint density at radius 2 is 1.89 bits per heavy atom. The number of thioether (sulfide) groups is 1. The molecule has 0 saturated carbocycles. The molecule has 1 fully saturated rings. The predicted molar refractivity (Wildman–Crippen MR) is 83.1 cm³/mol. The van der Waals surface area contributed by atoms with E-state index in [-0.39, 0.29) is 0 Å². The monoisotopic (exact) mass is 276 g/mol. The summed E-state index contributed by atoms with van der Waals surface area (Å²) >= 11 is 2.05. The molecule has 0 aliphatic carbocycles. The zero-order valence-electron chi connectivity index (χ0n) is 11.9. The minimum absolute atomic E-state index is 0.484. The molecular formula is C16H24N2S. The first-order chi connectivity index (χ1) is 9.25. The first-order valence-corrected chi connectivity index (χ1v) is 8.61. The second-order valence-electron chi connectivity index (χ2n) is 5.93. The molecular weight excluding hydrogens is 252 g/mol. The van der Waals surface area contributed by atoms with Crippen molar-refractivity contribution in [2.45, 2.75) is 57.0 Å². The summed E-state index contributed by atoms with van der Waals surface area (Å²) in [5.41, 5.74) is 6.84. The van der Waals surface area contributed by atoms with E-state index >= 15 is 0 Å². The predicted octanol–water partition coefficient (Wildman–Crippen LogP) is 3.74. The van der Waals surface area contributed by atoms with Gasteiger partial charge in [0.2, 0.25) is 0 Å². The fraction of sp³-hybridized carbons (Fsp3) is 0.625. The smallest absolute Gasteiger partial charge is 0.0558 e. The molecule has 19 heavy (non-hydrogen) atoms. The molecule has 104 valence electrons. The SMILES string of the molecule is CC1CCCC(C)N1NC1CSCc2ccccc21. The van der Waals surface area contributed by atoms with Crippen LogP contribution in [-0.2, 0) is 5.75 Å². The zero-order valence-corrected chi connectivity index (χ0v) is 12.7. The Hall–Kier alpha value is -0.510. The number of hydrogen-bond acceptors (Lipinski definition) is 3. The zero-order chi connectivity index (χ0) is 13.2. The van der Waals surface area contributed by atoms with Gasteiger partial charge in [0.05, 0.1) is 6.04 Å². The maximum Gasteiger partial charge on any atom is 0.0558 e. The molecule has 0 radical (unpaired) electrons. The van der Waals surface area contributed by atoms with Crippen LogP contribution in [0, 0.1) is 0 Å². The van der Waals surface area contributed by atoms with E-state index in [1.54, 1.807) is 0 Å². The summed E-state index contributed by atoms with van der Waals surface area (Å²) < 4.78 is 0. The molecule has 3 unspecified atom stereocenters. The van der Waals surface area contributed by atoms with Crippen molar-refractivity contribution < 1.29 is 0 Å². The quantitative estimate of drug-likeness (QED) is 0.886. The molecule has 0 bridgehead atoms. The van der Waals surface area contributed by atoms with Crippen molar-refractivity contribution in [3.05, 3.63) is 35.4 Å². The second-order valence-corrected chi connectivity index (χ2v) is 6.96. The van der Waals surface area contributed by atoms with Crippen molar-refractivity contribution >= 4 is 11.8 Å². The molecule has 2 heterocycles. The number of piperidine rings is 1. The maximum atomic E-state index is 3.83. The molecule has 1 saturated heterocycles. The summed E-state index contributed by atoms with van der Waals surface area (Å²) in [6.07, 6.45) is 4.01. The number of rotatable bonds is 2. The van der Waals surface area contributed by atoms with Crippen LogP contribution < -0.4 is 5.43 Å². The van der Waals surface area contributed by atoms with Crippen molar-refractivity contribution in [3.8, 4) is 0 Å². The molecule has 1 aromatic rings. The first-order valence-electron chi connectivity index (χ1n) is 7.46. The highest BCUT2D eigenvalue weighted by Crippen LogP contribution is 2.33. The molecule has 0 spiro atoms. The van der Waals surface area contributed by atoms with Gasteiger partial charge in [-0.05, 0) is 37.8 Å². The average molecular weight is 276 g/mol. The Morgan fingerprint density at radius 1 is 1.16 bits per heavy atom. The molecule has 2 aliphatic heterocycles. The van der Waals surface area contributed by atoms with Crippen molar-refractivity contribution in [1.82, 2.24) is 10.4 Å². The van der Waals surface area contributed by atoms with Gasteiger partial charge in [-0.2, -0.15) is 11.8 Å². The lowest BCUT2D eigenvalue weighted by Crippen LogP contribution is -2.53. The molecule has 3 atom stereocenters. The van der Waals surface area contributed by atoms with E-state index in [0.29, 0.717) is 18.1 Å². The van der Waals surface area contributed by atoms with Crippen LogP contribution in [0.15, 0.2) is 24.3 Å². The van der Waals surface area contributed by atoms with Crippen LogP contribution in [0.3, 0.4) is 0 Å². The van der Waals surface area contributed by atoms with Crippen molar-refractivity contribution in [2.24, 2.45) is 0 Å². The molecule has 3 rings (SSSR count). The highest BCUT2D eigenvalue weighted by molar-refractivity contribution is 7.98. The van der Waals surface area contributed by atoms with Gasteiger partial charge in [0.1, 0.15) is 0 Å². The Labute approximate surface area is 120 Å². The van der Waals surface area contributed by atoms with Gasteiger partial charge in [-0.25, -0.2) is 10.4 Å². The molecule has 1 N–H and O–H groups in total. The van der Waals surface area contributed by atoms with E-state index in [2.05, 4.69) is 48.5 Å². The van der Waals surface area contributed by atoms with Gasteiger partial charge in [-0.15, -0.1) is 0 Å². The minimum Gasteiger partial charge on any atom is -0.246 e. The topological polar surface area (TPSA) is 15.3 Å². The first kappa shape index (κ1) is 13.5. The van der Waals surface area contributed by atoms with Crippen LogP contribution in [0.25, 0.3) is 0 Å². The molecule has 0 amide bonds. The Balaban J connectivity index is 1.77. The van der Waals surface area contributed by atoms with Gasteiger partial charge in [-0.3, -0.25) is 0 Å². The molecule has 3 heteroatoms. The van der Waals surface area contributed by atoms with Crippen LogP contribution in [0.5, 0.6) is 0 Å². The third-order valence-electron chi connectivity index (χ3n) is 4.47. The van der Waals surface area contributed by atoms with Crippen LogP contribution in [0.4, 0.5) is 0 Å². The lowest BCUT2D eigenvalue weighted by molar-refractivity contribution is 0.0325. The fourth-order valence-corrected chi connectivity index (χ4v) is 4.44. The summed E-state index contributed by atoms with van der Waals surface area (Å²) in [6, 6.07) is 10.7. The third kappa shape index (κ3) is 2.83. The van der Waals surface area contributed by atoms with E-state index in [4.69, 9.17) is 0 Å². The largest absolute Gasteiger partial charge is 0.246 e. The van der Waals surface area contributed by atoms with E-state index < -0.39 is 0 Å². The number of fused-ring (bicyclic) bond motifs is 1. The highest BCUT2D eigenvalue weighted by atomic mass is 32.2. The van der Waals surface area contributed by atoms with E-state index in [0.717, 1.165) is 0 Å². The van der Waals surface area contributed by atoms with E-state index in [1.807, 2.05) is 11.8 Å². The average Bonchev–Trinajstić information content (AvgIpc) is 2.43. The second kappa shape index (κ2) is 5.86. The van der Waals surface area contributed by atoms with Gasteiger partial charge in [0.15, 0.2) is 0 Å². The molecule has 2 nitrogen and oxygen atoms in total. The molecule has 2 aliphatic rings. The number of hydrazine groups is 1. The lowest BCUT2D eigenvalue weighted by Gasteiger charge is -2.42. The molecule has 0 aromatic heterocycles. The third-order valence-corrected chi connectivity index (χ3v) is 5.56. The van der Waals surface area contributed by atoms with Gasteiger partial charge in [0, 0.05) is 23.6 Å². The number of nitrogens with one attached hydrogen (secondary N) is 1. The van der Waals surface area contributed by atoms with Gasteiger partial charge in [-0.1, -0.05) is 30.7 Å². The Bertz CT molecular complexity index is 425. The summed E-state index contributed by atoms with van der Waals surface area (Å²) in [6.45, 7) is 4.70. The lowest BCUT2D eigenvalue weighted by atomic mass is 9.98. The van der Waals surface area contributed by atoms with Crippen LogP contribution >= 0.6 is 11.8 Å². The summed E-state index contributed by atoms with van der Waals surface area (Å²) in [5, 5.41) is 2.51.